The fourth-order valence-electron chi connectivity index (χ4n) is 2.48. The number of aromatic hydroxyl groups is 1. The summed E-state index contributed by atoms with van der Waals surface area (Å²) in [5.74, 6) is -0.593. The van der Waals surface area contributed by atoms with Crippen LogP contribution < -0.4 is 5.32 Å². The van der Waals surface area contributed by atoms with Gasteiger partial charge in [-0.05, 0) is 45.7 Å². The molecule has 0 bridgehead atoms. The van der Waals surface area contributed by atoms with Crippen molar-refractivity contribution in [3.8, 4) is 5.75 Å². The van der Waals surface area contributed by atoms with Crippen molar-refractivity contribution in [3.05, 3.63) is 17.2 Å². The second kappa shape index (κ2) is 7.39. The zero-order valence-corrected chi connectivity index (χ0v) is 15.9. The number of phenolic OH excluding ortho intramolecular Hbond substituents is 1. The van der Waals surface area contributed by atoms with Crippen LogP contribution in [0.5, 0.6) is 5.75 Å². The Morgan fingerprint density at radius 1 is 1.32 bits per heavy atom. The van der Waals surface area contributed by atoms with E-state index in [-0.39, 0.29) is 15.6 Å². The molecule has 140 valence electrons. The quantitative estimate of drug-likeness (QED) is 0.766. The van der Waals surface area contributed by atoms with Crippen molar-refractivity contribution >= 4 is 33.2 Å². The van der Waals surface area contributed by atoms with E-state index in [4.69, 9.17) is 21.1 Å². The molecule has 25 heavy (non-hydrogen) atoms. The molecule has 1 heterocycles. The topological polar surface area (TPSA) is 102 Å². The van der Waals surface area contributed by atoms with Crippen molar-refractivity contribution in [2.75, 3.05) is 18.5 Å². The number of hydrogen-bond acceptors (Lipinski definition) is 6. The van der Waals surface area contributed by atoms with Crippen LogP contribution in [0, 0.1) is 0 Å². The number of sulfone groups is 1. The Morgan fingerprint density at radius 2 is 1.92 bits per heavy atom. The first kappa shape index (κ1) is 19.8. The van der Waals surface area contributed by atoms with Crippen molar-refractivity contribution in [2.45, 2.75) is 49.4 Å². The minimum Gasteiger partial charge on any atom is -0.504 e. The third kappa shape index (κ3) is 4.77. The van der Waals surface area contributed by atoms with Crippen molar-refractivity contribution in [3.63, 3.8) is 0 Å². The fourth-order valence-corrected chi connectivity index (χ4v) is 4.83. The minimum atomic E-state index is -3.87. The molecule has 1 aliphatic heterocycles. The van der Waals surface area contributed by atoms with Gasteiger partial charge in [0.2, 0.25) is 0 Å². The van der Waals surface area contributed by atoms with Gasteiger partial charge in [-0.25, -0.2) is 13.2 Å². The number of benzene rings is 1. The molecule has 1 saturated heterocycles. The fraction of sp³-hybridized carbons (Fsp3) is 0.562. The summed E-state index contributed by atoms with van der Waals surface area (Å²) in [6.07, 6.45) is -0.163. The van der Waals surface area contributed by atoms with E-state index in [0.29, 0.717) is 26.1 Å². The average Bonchev–Trinajstić information content (AvgIpc) is 2.49. The summed E-state index contributed by atoms with van der Waals surface area (Å²) in [4.78, 5) is 11.5. The number of carbonyl (C=O) groups is 1. The number of hydrogen-bond donors (Lipinski definition) is 2. The summed E-state index contributed by atoms with van der Waals surface area (Å²) in [7, 11) is -3.87. The average molecular weight is 392 g/mol. The monoisotopic (exact) mass is 391 g/mol. The zero-order valence-electron chi connectivity index (χ0n) is 14.3. The van der Waals surface area contributed by atoms with Crippen LogP contribution in [0.25, 0.3) is 0 Å². The lowest BCUT2D eigenvalue weighted by Crippen LogP contribution is -2.29. The second-order valence-corrected chi connectivity index (χ2v) is 9.33. The molecule has 1 amide bonds. The maximum absolute atomic E-state index is 12.9. The van der Waals surface area contributed by atoms with Crippen LogP contribution in [0.3, 0.4) is 0 Å². The summed E-state index contributed by atoms with van der Waals surface area (Å²) in [5, 5.41) is 12.0. The summed E-state index contributed by atoms with van der Waals surface area (Å²) >= 11 is 6.03. The molecule has 9 heteroatoms. The highest BCUT2D eigenvalue weighted by molar-refractivity contribution is 7.92. The minimum absolute atomic E-state index is 0.0794. The molecule has 1 aliphatic rings. The van der Waals surface area contributed by atoms with Crippen molar-refractivity contribution in [1.82, 2.24) is 0 Å². The molecule has 7 nitrogen and oxygen atoms in total. The van der Waals surface area contributed by atoms with E-state index < -0.39 is 32.5 Å². The van der Waals surface area contributed by atoms with Gasteiger partial charge in [0.25, 0.3) is 0 Å². The molecule has 1 aromatic carbocycles. The molecule has 0 unspecified atom stereocenters. The van der Waals surface area contributed by atoms with E-state index in [9.17, 15) is 18.3 Å². The lowest BCUT2D eigenvalue weighted by atomic mass is 10.2. The number of nitrogens with one attached hydrogen (secondary N) is 1. The molecular formula is C16H22ClNO6S. The molecule has 1 aromatic rings. The van der Waals surface area contributed by atoms with Crippen LogP contribution >= 0.6 is 11.6 Å². The highest BCUT2D eigenvalue weighted by atomic mass is 35.5. The van der Waals surface area contributed by atoms with E-state index in [0.717, 1.165) is 0 Å². The van der Waals surface area contributed by atoms with Gasteiger partial charge in [0.1, 0.15) is 10.5 Å². The molecule has 0 aliphatic carbocycles. The number of rotatable bonds is 3. The largest absolute Gasteiger partial charge is 0.504 e. The van der Waals surface area contributed by atoms with E-state index in [1.54, 1.807) is 20.8 Å². The Balaban J connectivity index is 2.35. The summed E-state index contributed by atoms with van der Waals surface area (Å²) in [6, 6.07) is 2.64. The summed E-state index contributed by atoms with van der Waals surface area (Å²) < 4.78 is 36.0. The van der Waals surface area contributed by atoms with E-state index >= 15 is 0 Å². The Hall–Kier alpha value is -1.51. The Kier molecular flexibility index (Phi) is 5.86. The molecule has 1 fully saturated rings. The first-order valence-electron chi connectivity index (χ1n) is 7.85. The number of anilines is 1. The molecule has 0 radical (unpaired) electrons. The van der Waals surface area contributed by atoms with E-state index in [1.165, 1.54) is 12.1 Å². The van der Waals surface area contributed by atoms with Gasteiger partial charge in [0, 0.05) is 13.2 Å². The van der Waals surface area contributed by atoms with Crippen LogP contribution in [-0.2, 0) is 19.3 Å². The molecular weight excluding hydrogens is 370 g/mol. The lowest BCUT2D eigenvalue weighted by Gasteiger charge is -2.24. The second-order valence-electron chi connectivity index (χ2n) is 6.76. The number of carbonyl (C=O) groups excluding carboxylic acids is 1. The Morgan fingerprint density at radius 3 is 2.48 bits per heavy atom. The summed E-state index contributed by atoms with van der Waals surface area (Å²) in [5.41, 5.74) is -0.812. The van der Waals surface area contributed by atoms with Gasteiger partial charge in [-0.2, -0.15) is 0 Å². The molecule has 0 spiro atoms. The van der Waals surface area contributed by atoms with Crippen LogP contribution in [-0.4, -0.2) is 43.7 Å². The SMILES string of the molecule is CC(C)(C)OC(=O)Nc1ccc(Cl)c(S(=O)(=O)C2CCOCC2)c1O. The van der Waals surface area contributed by atoms with Gasteiger partial charge in [-0.1, -0.05) is 11.6 Å². The molecule has 0 aromatic heterocycles. The van der Waals surface area contributed by atoms with Crippen molar-refractivity contribution in [2.24, 2.45) is 0 Å². The maximum atomic E-state index is 12.9. The van der Waals surface area contributed by atoms with Crippen molar-refractivity contribution in [1.29, 1.82) is 0 Å². The maximum Gasteiger partial charge on any atom is 0.412 e. The van der Waals surface area contributed by atoms with E-state index in [2.05, 4.69) is 5.32 Å². The van der Waals surface area contributed by atoms with Crippen LogP contribution in [0.1, 0.15) is 33.6 Å². The van der Waals surface area contributed by atoms with Crippen LogP contribution in [0.2, 0.25) is 5.02 Å². The smallest absolute Gasteiger partial charge is 0.412 e. The molecule has 0 saturated carbocycles. The van der Waals surface area contributed by atoms with Crippen LogP contribution in [0.15, 0.2) is 17.0 Å². The van der Waals surface area contributed by atoms with Gasteiger partial charge in [0.05, 0.1) is 16.0 Å². The molecule has 2 rings (SSSR count). The third-order valence-corrected chi connectivity index (χ3v) is 6.37. The number of amides is 1. The Labute approximate surface area is 152 Å². The van der Waals surface area contributed by atoms with Gasteiger partial charge < -0.3 is 14.6 Å². The predicted molar refractivity (Wildman–Crippen MR) is 94.0 cm³/mol. The zero-order chi connectivity index (χ0) is 18.8. The van der Waals surface area contributed by atoms with Gasteiger partial charge in [-0.15, -0.1) is 0 Å². The number of halogens is 1. The van der Waals surface area contributed by atoms with Crippen LogP contribution in [0.4, 0.5) is 10.5 Å². The number of ether oxygens (including phenoxy) is 2. The summed E-state index contributed by atoms with van der Waals surface area (Å²) in [6.45, 7) is 5.73. The lowest BCUT2D eigenvalue weighted by molar-refractivity contribution is 0.0635. The first-order valence-corrected chi connectivity index (χ1v) is 9.78. The first-order chi connectivity index (χ1) is 11.5. The highest BCUT2D eigenvalue weighted by Gasteiger charge is 2.34. The van der Waals surface area contributed by atoms with Gasteiger partial charge >= 0.3 is 6.09 Å². The van der Waals surface area contributed by atoms with Gasteiger partial charge in [-0.3, -0.25) is 5.32 Å². The molecule has 2 N–H and O–H groups in total. The Bertz CT molecular complexity index is 751. The third-order valence-electron chi connectivity index (χ3n) is 3.61. The number of phenols is 1. The standard InChI is InChI=1S/C16H22ClNO6S/c1-16(2,3)24-15(20)18-12-5-4-11(17)14(13(12)19)25(21,22)10-6-8-23-9-7-10/h4-5,10,19H,6-9H2,1-3H3,(H,18,20). The van der Waals surface area contributed by atoms with Crippen molar-refractivity contribution < 1.29 is 27.8 Å². The molecule has 0 atom stereocenters. The van der Waals surface area contributed by atoms with Gasteiger partial charge in [0.15, 0.2) is 15.6 Å². The predicted octanol–water partition coefficient (Wildman–Crippen LogP) is 3.35. The highest BCUT2D eigenvalue weighted by Crippen LogP contribution is 2.40. The van der Waals surface area contributed by atoms with E-state index in [1.807, 2.05) is 0 Å². The normalized spacial score (nSPS) is 16.5.